The first-order chi connectivity index (χ1) is 6.18. The van der Waals surface area contributed by atoms with Gasteiger partial charge in [0.15, 0.2) is 0 Å². The molecule has 0 aromatic carbocycles. The van der Waals surface area contributed by atoms with Gasteiger partial charge in [0.2, 0.25) is 5.91 Å². The van der Waals surface area contributed by atoms with Crippen LogP contribution in [0.2, 0.25) is 0 Å². The highest BCUT2D eigenvalue weighted by Crippen LogP contribution is 2.38. The average molecular weight is 199 g/mol. The number of carbonyl (C=O) groups is 1. The molecule has 1 aliphatic carbocycles. The van der Waals surface area contributed by atoms with Gasteiger partial charge in [0.05, 0.1) is 0 Å². The SMILES string of the molecule is CC1CSCC1NC(=O)C1CC1C. The summed E-state index contributed by atoms with van der Waals surface area (Å²) in [5.74, 6) is 4.22. The summed E-state index contributed by atoms with van der Waals surface area (Å²) in [6.45, 7) is 4.37. The predicted molar refractivity (Wildman–Crippen MR) is 55.7 cm³/mol. The molecule has 74 valence electrons. The summed E-state index contributed by atoms with van der Waals surface area (Å²) in [5.41, 5.74) is 0. The highest BCUT2D eigenvalue weighted by Gasteiger charge is 2.40. The van der Waals surface area contributed by atoms with Gasteiger partial charge in [-0.3, -0.25) is 4.79 Å². The Hall–Kier alpha value is -0.180. The summed E-state index contributed by atoms with van der Waals surface area (Å²) >= 11 is 1.95. The predicted octanol–water partition coefficient (Wildman–Crippen LogP) is 1.51. The summed E-state index contributed by atoms with van der Waals surface area (Å²) in [4.78, 5) is 11.6. The molecule has 0 spiro atoms. The number of nitrogens with one attached hydrogen (secondary N) is 1. The second-order valence-corrected chi connectivity index (χ2v) is 5.52. The van der Waals surface area contributed by atoms with Crippen molar-refractivity contribution < 1.29 is 4.79 Å². The molecule has 1 saturated carbocycles. The number of amides is 1. The first-order valence-corrected chi connectivity index (χ1v) is 6.22. The van der Waals surface area contributed by atoms with Gasteiger partial charge in [-0.1, -0.05) is 13.8 Å². The standard InChI is InChI=1S/C10H17NOS/c1-6-3-8(6)10(12)11-9-5-13-4-7(9)2/h6-9H,3-5H2,1-2H3,(H,11,12). The molecule has 1 N–H and O–H groups in total. The van der Waals surface area contributed by atoms with Gasteiger partial charge in [0.25, 0.3) is 0 Å². The molecule has 4 unspecified atom stereocenters. The van der Waals surface area contributed by atoms with E-state index in [0.29, 0.717) is 29.7 Å². The lowest BCUT2D eigenvalue weighted by atomic mass is 10.1. The average Bonchev–Trinajstić information content (AvgIpc) is 2.68. The van der Waals surface area contributed by atoms with Crippen LogP contribution in [-0.4, -0.2) is 23.5 Å². The van der Waals surface area contributed by atoms with Crippen molar-refractivity contribution in [2.24, 2.45) is 17.8 Å². The third kappa shape index (κ3) is 2.01. The van der Waals surface area contributed by atoms with Crippen molar-refractivity contribution >= 4 is 17.7 Å². The van der Waals surface area contributed by atoms with Crippen LogP contribution in [0.3, 0.4) is 0 Å². The van der Waals surface area contributed by atoms with E-state index in [0.717, 1.165) is 12.2 Å². The number of thioether (sulfide) groups is 1. The quantitative estimate of drug-likeness (QED) is 0.730. The highest BCUT2D eigenvalue weighted by molar-refractivity contribution is 7.99. The summed E-state index contributed by atoms with van der Waals surface area (Å²) in [5, 5.41) is 3.16. The molecule has 2 rings (SSSR count). The van der Waals surface area contributed by atoms with E-state index >= 15 is 0 Å². The van der Waals surface area contributed by atoms with Crippen LogP contribution in [-0.2, 0) is 4.79 Å². The molecular weight excluding hydrogens is 182 g/mol. The molecule has 1 amide bonds. The van der Waals surface area contributed by atoms with Gasteiger partial charge >= 0.3 is 0 Å². The third-order valence-electron chi connectivity index (χ3n) is 3.14. The molecule has 13 heavy (non-hydrogen) atoms. The van der Waals surface area contributed by atoms with Gasteiger partial charge in [0, 0.05) is 17.7 Å². The van der Waals surface area contributed by atoms with Crippen molar-refractivity contribution in [2.45, 2.75) is 26.3 Å². The minimum absolute atomic E-state index is 0.298. The van der Waals surface area contributed by atoms with Gasteiger partial charge < -0.3 is 5.32 Å². The maximum atomic E-state index is 11.6. The van der Waals surface area contributed by atoms with Crippen LogP contribution in [0, 0.1) is 17.8 Å². The molecule has 0 bridgehead atoms. The monoisotopic (exact) mass is 199 g/mol. The minimum Gasteiger partial charge on any atom is -0.352 e. The molecule has 3 heteroatoms. The van der Waals surface area contributed by atoms with Crippen molar-refractivity contribution in [3.63, 3.8) is 0 Å². The Morgan fingerprint density at radius 3 is 2.46 bits per heavy atom. The fraction of sp³-hybridized carbons (Fsp3) is 0.900. The van der Waals surface area contributed by atoms with Crippen molar-refractivity contribution in [2.75, 3.05) is 11.5 Å². The van der Waals surface area contributed by atoms with Crippen LogP contribution in [0.1, 0.15) is 20.3 Å². The largest absolute Gasteiger partial charge is 0.352 e. The van der Waals surface area contributed by atoms with Gasteiger partial charge in [-0.2, -0.15) is 11.8 Å². The first kappa shape index (κ1) is 9.38. The molecule has 4 atom stereocenters. The normalized spacial score (nSPS) is 43.2. The molecule has 1 aliphatic heterocycles. The van der Waals surface area contributed by atoms with Gasteiger partial charge in [-0.25, -0.2) is 0 Å². The highest BCUT2D eigenvalue weighted by atomic mass is 32.2. The Morgan fingerprint density at radius 2 is 2.00 bits per heavy atom. The summed E-state index contributed by atoms with van der Waals surface area (Å²) < 4.78 is 0. The van der Waals surface area contributed by atoms with E-state index < -0.39 is 0 Å². The van der Waals surface area contributed by atoms with Crippen molar-refractivity contribution in [3.8, 4) is 0 Å². The maximum absolute atomic E-state index is 11.6. The molecule has 0 aromatic rings. The van der Waals surface area contributed by atoms with E-state index in [1.165, 1.54) is 5.75 Å². The molecule has 0 radical (unpaired) electrons. The number of carbonyl (C=O) groups excluding carboxylic acids is 1. The summed E-state index contributed by atoms with van der Waals surface area (Å²) in [6, 6.07) is 0.435. The van der Waals surface area contributed by atoms with Crippen molar-refractivity contribution in [1.82, 2.24) is 5.32 Å². The zero-order valence-corrected chi connectivity index (χ0v) is 9.06. The van der Waals surface area contributed by atoms with E-state index in [1.807, 2.05) is 11.8 Å². The molecule has 2 nitrogen and oxygen atoms in total. The Bertz CT molecular complexity index is 219. The fourth-order valence-electron chi connectivity index (χ4n) is 1.82. The van der Waals surface area contributed by atoms with E-state index in [9.17, 15) is 4.79 Å². The second kappa shape index (κ2) is 3.52. The van der Waals surface area contributed by atoms with Gasteiger partial charge in [-0.05, 0) is 24.0 Å². The van der Waals surface area contributed by atoms with Crippen LogP contribution in [0.4, 0.5) is 0 Å². The zero-order chi connectivity index (χ0) is 9.42. The van der Waals surface area contributed by atoms with Crippen LogP contribution in [0.15, 0.2) is 0 Å². The Labute approximate surface area is 83.8 Å². The van der Waals surface area contributed by atoms with Crippen LogP contribution >= 0.6 is 11.8 Å². The zero-order valence-electron chi connectivity index (χ0n) is 8.25. The fourth-order valence-corrected chi connectivity index (χ4v) is 3.23. The topological polar surface area (TPSA) is 29.1 Å². The van der Waals surface area contributed by atoms with Gasteiger partial charge in [-0.15, -0.1) is 0 Å². The molecule has 0 aromatic heterocycles. The lowest BCUT2D eigenvalue weighted by Crippen LogP contribution is -2.39. The summed E-state index contributed by atoms with van der Waals surface area (Å²) in [7, 11) is 0. The Morgan fingerprint density at radius 1 is 1.31 bits per heavy atom. The maximum Gasteiger partial charge on any atom is 0.223 e. The Kier molecular flexibility index (Phi) is 2.54. The van der Waals surface area contributed by atoms with E-state index in [1.54, 1.807) is 0 Å². The Balaban J connectivity index is 1.80. The summed E-state index contributed by atoms with van der Waals surface area (Å²) in [6.07, 6.45) is 1.10. The number of hydrogen-bond donors (Lipinski definition) is 1. The minimum atomic E-state index is 0.298. The number of hydrogen-bond acceptors (Lipinski definition) is 2. The van der Waals surface area contributed by atoms with E-state index in [-0.39, 0.29) is 0 Å². The van der Waals surface area contributed by atoms with Crippen molar-refractivity contribution in [1.29, 1.82) is 0 Å². The van der Waals surface area contributed by atoms with Crippen LogP contribution in [0.25, 0.3) is 0 Å². The lowest BCUT2D eigenvalue weighted by Gasteiger charge is -2.16. The molecule has 1 saturated heterocycles. The number of rotatable bonds is 2. The van der Waals surface area contributed by atoms with Crippen LogP contribution in [0.5, 0.6) is 0 Å². The molecule has 2 aliphatic rings. The second-order valence-electron chi connectivity index (χ2n) is 4.45. The third-order valence-corrected chi connectivity index (χ3v) is 4.50. The molecular formula is C10H17NOS. The molecule has 1 heterocycles. The van der Waals surface area contributed by atoms with Gasteiger partial charge in [0.1, 0.15) is 0 Å². The van der Waals surface area contributed by atoms with E-state index in [2.05, 4.69) is 19.2 Å². The smallest absolute Gasteiger partial charge is 0.223 e. The lowest BCUT2D eigenvalue weighted by molar-refractivity contribution is -0.123. The molecule has 2 fully saturated rings. The first-order valence-electron chi connectivity index (χ1n) is 5.06. The van der Waals surface area contributed by atoms with E-state index in [4.69, 9.17) is 0 Å². The van der Waals surface area contributed by atoms with Crippen LogP contribution < -0.4 is 5.32 Å². The van der Waals surface area contributed by atoms with Crippen molar-refractivity contribution in [3.05, 3.63) is 0 Å².